The van der Waals surface area contributed by atoms with Gasteiger partial charge < -0.3 is 15.5 Å². The van der Waals surface area contributed by atoms with Crippen molar-refractivity contribution in [1.29, 1.82) is 5.26 Å². The van der Waals surface area contributed by atoms with Crippen molar-refractivity contribution < 1.29 is 4.79 Å². The molecule has 4 rings (SSSR count). The number of aromatic nitrogens is 3. The Bertz CT molecular complexity index is 1170. The first kappa shape index (κ1) is 21.4. The van der Waals surface area contributed by atoms with Gasteiger partial charge in [-0.05, 0) is 30.5 Å². The molecule has 2 N–H and O–H groups in total. The lowest BCUT2D eigenvalue weighted by Gasteiger charge is -2.38. The number of carbonyl (C=O) groups excluding carboxylic acids is 1. The summed E-state index contributed by atoms with van der Waals surface area (Å²) in [6, 6.07) is 11.4. The summed E-state index contributed by atoms with van der Waals surface area (Å²) in [4.78, 5) is 19.2. The molecule has 8 nitrogen and oxygen atoms in total. The van der Waals surface area contributed by atoms with Crippen LogP contribution in [0, 0.1) is 24.2 Å². The molecular weight excluding hydrogens is 402 g/mol. The molecule has 1 atom stereocenters. The highest BCUT2D eigenvalue weighted by Crippen LogP contribution is 2.36. The average molecular weight is 430 g/mol. The molecular formula is C24H27N7O. The Kier molecular flexibility index (Phi) is 5.82. The van der Waals surface area contributed by atoms with Gasteiger partial charge in [-0.15, -0.1) is 0 Å². The maximum Gasteiger partial charge on any atom is 0.247 e. The molecule has 2 aromatic heterocycles. The van der Waals surface area contributed by atoms with Crippen molar-refractivity contribution in [2.45, 2.75) is 39.9 Å². The Morgan fingerprint density at radius 3 is 2.69 bits per heavy atom. The number of benzene rings is 1. The highest BCUT2D eigenvalue weighted by molar-refractivity contribution is 6.04. The molecule has 0 fully saturated rings. The van der Waals surface area contributed by atoms with E-state index in [0.29, 0.717) is 18.7 Å². The van der Waals surface area contributed by atoms with Gasteiger partial charge in [0.15, 0.2) is 0 Å². The number of hydrogen-bond donors (Lipinski definition) is 2. The summed E-state index contributed by atoms with van der Waals surface area (Å²) in [7, 11) is 1.96. The Labute approximate surface area is 187 Å². The molecule has 1 aromatic carbocycles. The van der Waals surface area contributed by atoms with Crippen LogP contribution < -0.4 is 15.5 Å². The lowest BCUT2D eigenvalue weighted by atomic mass is 9.98. The molecule has 0 radical (unpaired) electrons. The molecule has 0 saturated carbocycles. The van der Waals surface area contributed by atoms with Crippen LogP contribution in [0.5, 0.6) is 0 Å². The van der Waals surface area contributed by atoms with Crippen LogP contribution in [0.15, 0.2) is 42.7 Å². The second-order valence-corrected chi connectivity index (χ2v) is 8.48. The number of anilines is 3. The summed E-state index contributed by atoms with van der Waals surface area (Å²) in [5.41, 5.74) is 5.30. The van der Waals surface area contributed by atoms with Gasteiger partial charge in [-0.3, -0.25) is 9.48 Å². The third kappa shape index (κ3) is 4.28. The fourth-order valence-electron chi connectivity index (χ4n) is 4.10. The van der Waals surface area contributed by atoms with E-state index in [1.807, 2.05) is 66.3 Å². The zero-order valence-electron chi connectivity index (χ0n) is 18.8. The molecule has 0 spiro atoms. The van der Waals surface area contributed by atoms with E-state index < -0.39 is 0 Å². The van der Waals surface area contributed by atoms with E-state index in [1.54, 1.807) is 0 Å². The summed E-state index contributed by atoms with van der Waals surface area (Å²) in [5, 5.41) is 19.8. The van der Waals surface area contributed by atoms with Crippen molar-refractivity contribution in [2.75, 3.05) is 22.6 Å². The van der Waals surface area contributed by atoms with Crippen LogP contribution in [0.3, 0.4) is 0 Å². The van der Waals surface area contributed by atoms with Gasteiger partial charge in [-0.25, -0.2) is 4.98 Å². The van der Waals surface area contributed by atoms with E-state index in [-0.39, 0.29) is 17.9 Å². The van der Waals surface area contributed by atoms with Crippen LogP contribution in [0.2, 0.25) is 0 Å². The number of nitrogens with zero attached hydrogens (tertiary/aromatic N) is 5. The van der Waals surface area contributed by atoms with Gasteiger partial charge in [0.1, 0.15) is 11.9 Å². The zero-order valence-corrected chi connectivity index (χ0v) is 18.8. The van der Waals surface area contributed by atoms with E-state index in [0.717, 1.165) is 34.0 Å². The smallest absolute Gasteiger partial charge is 0.247 e. The number of amides is 1. The maximum atomic E-state index is 12.5. The van der Waals surface area contributed by atoms with Crippen molar-refractivity contribution in [2.24, 2.45) is 5.92 Å². The number of rotatable bonds is 6. The Morgan fingerprint density at radius 1 is 1.25 bits per heavy atom. The SMILES string of the molecule is Cc1nc(NCc2cnn(Cc3ccc(C#N)cc3)c2)cc2c1NC(=O)C(C(C)C)N2C. The highest BCUT2D eigenvalue weighted by Gasteiger charge is 2.34. The van der Waals surface area contributed by atoms with Crippen molar-refractivity contribution in [3.8, 4) is 6.07 Å². The number of pyridine rings is 1. The van der Waals surface area contributed by atoms with Crippen LogP contribution in [-0.2, 0) is 17.9 Å². The lowest BCUT2D eigenvalue weighted by molar-refractivity contribution is -0.118. The molecule has 1 aliphatic heterocycles. The molecule has 0 bridgehead atoms. The number of hydrogen-bond acceptors (Lipinski definition) is 6. The summed E-state index contributed by atoms with van der Waals surface area (Å²) in [6.07, 6.45) is 3.83. The third-order valence-electron chi connectivity index (χ3n) is 5.71. The molecule has 3 heterocycles. The van der Waals surface area contributed by atoms with Crippen molar-refractivity contribution in [3.63, 3.8) is 0 Å². The summed E-state index contributed by atoms with van der Waals surface area (Å²) in [5.74, 6) is 0.960. The Balaban J connectivity index is 1.45. The summed E-state index contributed by atoms with van der Waals surface area (Å²) in [6.45, 7) is 7.23. The van der Waals surface area contributed by atoms with E-state index in [1.165, 1.54) is 0 Å². The minimum absolute atomic E-state index is 0.00953. The van der Waals surface area contributed by atoms with Crippen LogP contribution in [0.1, 0.15) is 36.2 Å². The molecule has 1 amide bonds. The largest absolute Gasteiger partial charge is 0.366 e. The number of likely N-dealkylation sites (N-methyl/N-ethyl adjacent to an activating group) is 1. The van der Waals surface area contributed by atoms with Crippen molar-refractivity contribution >= 4 is 23.1 Å². The molecule has 32 heavy (non-hydrogen) atoms. The normalized spacial score (nSPS) is 15.3. The van der Waals surface area contributed by atoms with E-state index in [2.05, 4.69) is 40.6 Å². The third-order valence-corrected chi connectivity index (χ3v) is 5.71. The molecule has 3 aromatic rings. The maximum absolute atomic E-state index is 12.5. The van der Waals surface area contributed by atoms with Gasteiger partial charge in [0.2, 0.25) is 5.91 Å². The molecule has 0 aliphatic carbocycles. The van der Waals surface area contributed by atoms with Gasteiger partial charge in [0, 0.05) is 31.4 Å². The van der Waals surface area contributed by atoms with Crippen LogP contribution >= 0.6 is 0 Å². The van der Waals surface area contributed by atoms with Crippen molar-refractivity contribution in [3.05, 3.63) is 65.1 Å². The number of nitriles is 1. The second kappa shape index (κ2) is 8.71. The van der Waals surface area contributed by atoms with Gasteiger partial charge in [-0.2, -0.15) is 10.4 Å². The molecule has 8 heteroatoms. The summed E-state index contributed by atoms with van der Waals surface area (Å²) >= 11 is 0. The number of nitrogens with one attached hydrogen (secondary N) is 2. The van der Waals surface area contributed by atoms with E-state index in [4.69, 9.17) is 5.26 Å². The first-order valence-corrected chi connectivity index (χ1v) is 10.7. The predicted molar refractivity (Wildman–Crippen MR) is 124 cm³/mol. The predicted octanol–water partition coefficient (Wildman–Crippen LogP) is 3.53. The van der Waals surface area contributed by atoms with Crippen LogP contribution in [0.25, 0.3) is 0 Å². The zero-order chi connectivity index (χ0) is 22.8. The fourth-order valence-corrected chi connectivity index (χ4v) is 4.10. The van der Waals surface area contributed by atoms with Gasteiger partial charge in [0.25, 0.3) is 0 Å². The lowest BCUT2D eigenvalue weighted by Crippen LogP contribution is -2.49. The monoisotopic (exact) mass is 429 g/mol. The average Bonchev–Trinajstić information content (AvgIpc) is 3.21. The quantitative estimate of drug-likeness (QED) is 0.622. The van der Waals surface area contributed by atoms with Crippen LogP contribution in [0.4, 0.5) is 17.2 Å². The molecule has 164 valence electrons. The Morgan fingerprint density at radius 2 is 2.00 bits per heavy atom. The first-order chi connectivity index (χ1) is 15.4. The van der Waals surface area contributed by atoms with E-state index in [9.17, 15) is 4.79 Å². The molecule has 1 aliphatic rings. The van der Waals surface area contributed by atoms with Crippen molar-refractivity contribution in [1.82, 2.24) is 14.8 Å². The number of carbonyl (C=O) groups is 1. The van der Waals surface area contributed by atoms with Gasteiger partial charge in [0.05, 0.1) is 41.4 Å². The van der Waals surface area contributed by atoms with E-state index >= 15 is 0 Å². The number of aryl methyl sites for hydroxylation is 1. The second-order valence-electron chi connectivity index (χ2n) is 8.48. The topological polar surface area (TPSA) is 98.9 Å². The minimum Gasteiger partial charge on any atom is -0.366 e. The highest BCUT2D eigenvalue weighted by atomic mass is 16.2. The molecule has 1 unspecified atom stereocenters. The fraction of sp³-hybridized carbons (Fsp3) is 0.333. The first-order valence-electron chi connectivity index (χ1n) is 10.7. The standard InChI is InChI=1S/C24H27N7O/c1-15(2)23-24(32)29-22-16(3)28-21(9-20(22)30(23)4)26-11-19-12-27-31(14-19)13-18-7-5-17(10-25)6-8-18/h5-9,12,14-15,23H,11,13H2,1-4H3,(H,26,28)(H,29,32). The van der Waals surface area contributed by atoms with Gasteiger partial charge >= 0.3 is 0 Å². The van der Waals surface area contributed by atoms with Gasteiger partial charge in [-0.1, -0.05) is 26.0 Å². The van der Waals surface area contributed by atoms with Crippen LogP contribution in [-0.4, -0.2) is 33.8 Å². The Hall–Kier alpha value is -3.86. The number of fused-ring (bicyclic) bond motifs is 1. The summed E-state index contributed by atoms with van der Waals surface area (Å²) < 4.78 is 1.88. The molecule has 0 saturated heterocycles. The minimum atomic E-state index is -0.211.